The minimum atomic E-state index is -0.480. The number of hydrogen-bond acceptors (Lipinski definition) is 4. The molecule has 0 saturated carbocycles. The van der Waals surface area contributed by atoms with E-state index in [4.69, 9.17) is 9.47 Å². The molecule has 0 radical (unpaired) electrons. The van der Waals surface area contributed by atoms with Crippen molar-refractivity contribution in [2.24, 2.45) is 0 Å². The van der Waals surface area contributed by atoms with Gasteiger partial charge in [0.2, 0.25) is 6.20 Å². The highest BCUT2D eigenvalue weighted by molar-refractivity contribution is 5.80. The van der Waals surface area contributed by atoms with Gasteiger partial charge in [-0.3, -0.25) is 10.1 Å². The molecule has 3 aromatic rings. The third kappa shape index (κ3) is 4.73. The van der Waals surface area contributed by atoms with Gasteiger partial charge in [-0.15, -0.1) is 0 Å². The summed E-state index contributed by atoms with van der Waals surface area (Å²) in [5, 5.41) is 10.7. The highest BCUT2D eigenvalue weighted by atomic mass is 16.6. The minimum Gasteiger partial charge on any atom is -0.496 e. The van der Waals surface area contributed by atoms with Crippen LogP contribution in [0.25, 0.3) is 17.2 Å². The number of nitro groups is 1. The molecule has 0 aliphatic heterocycles. The minimum absolute atomic E-state index is 0.441. The Labute approximate surface area is 157 Å². The van der Waals surface area contributed by atoms with E-state index in [2.05, 4.69) is 0 Å². The number of hydrogen-bond donors (Lipinski definition) is 0. The lowest BCUT2D eigenvalue weighted by Crippen LogP contribution is -1.96. The zero-order valence-electron chi connectivity index (χ0n) is 14.9. The standard InChI is InChI=1S/C22H19NO4/c1-26-22-10-6-5-9-20(22)21-15-19(12-11-18(21)13-14-23(24)25)27-16-17-7-3-2-4-8-17/h2-15H,16H2,1H3/b14-13+. The fourth-order valence-electron chi connectivity index (χ4n) is 2.75. The van der Waals surface area contributed by atoms with E-state index in [1.165, 1.54) is 6.08 Å². The Hall–Kier alpha value is -3.60. The monoisotopic (exact) mass is 361 g/mol. The first kappa shape index (κ1) is 18.2. The second-order valence-electron chi connectivity index (χ2n) is 5.82. The Morgan fingerprint density at radius 2 is 1.70 bits per heavy atom. The molecule has 0 atom stereocenters. The van der Waals surface area contributed by atoms with Crippen LogP contribution in [0.15, 0.2) is 79.0 Å². The molecule has 0 unspecified atom stereocenters. The maximum atomic E-state index is 10.7. The molecule has 3 rings (SSSR count). The second kappa shape index (κ2) is 8.67. The molecular formula is C22H19NO4. The number of methoxy groups -OCH3 is 1. The largest absolute Gasteiger partial charge is 0.496 e. The van der Waals surface area contributed by atoms with Crippen molar-refractivity contribution < 1.29 is 14.4 Å². The average molecular weight is 361 g/mol. The summed E-state index contributed by atoms with van der Waals surface area (Å²) >= 11 is 0. The van der Waals surface area contributed by atoms with Crippen LogP contribution < -0.4 is 9.47 Å². The van der Waals surface area contributed by atoms with Crippen molar-refractivity contribution in [2.75, 3.05) is 7.11 Å². The van der Waals surface area contributed by atoms with E-state index in [0.29, 0.717) is 23.7 Å². The molecule has 5 nitrogen and oxygen atoms in total. The predicted octanol–water partition coefficient (Wildman–Crippen LogP) is 5.19. The molecule has 0 aliphatic rings. The Morgan fingerprint density at radius 3 is 2.44 bits per heavy atom. The molecule has 0 amide bonds. The Kier molecular flexibility index (Phi) is 5.84. The quantitative estimate of drug-likeness (QED) is 0.429. The molecule has 5 heteroatoms. The molecule has 0 aromatic heterocycles. The summed E-state index contributed by atoms with van der Waals surface area (Å²) in [5.41, 5.74) is 3.42. The number of rotatable bonds is 7. The van der Waals surface area contributed by atoms with Crippen molar-refractivity contribution in [2.45, 2.75) is 6.61 Å². The summed E-state index contributed by atoms with van der Waals surface area (Å²) in [4.78, 5) is 10.3. The molecular weight excluding hydrogens is 342 g/mol. The van der Waals surface area contributed by atoms with Gasteiger partial charge in [0.15, 0.2) is 0 Å². The van der Waals surface area contributed by atoms with Crippen LogP contribution in [-0.4, -0.2) is 12.0 Å². The summed E-state index contributed by atoms with van der Waals surface area (Å²) in [6.07, 6.45) is 2.40. The van der Waals surface area contributed by atoms with Gasteiger partial charge < -0.3 is 9.47 Å². The van der Waals surface area contributed by atoms with Crippen molar-refractivity contribution in [3.63, 3.8) is 0 Å². The van der Waals surface area contributed by atoms with Crippen LogP contribution in [0, 0.1) is 10.1 Å². The Bertz CT molecular complexity index is 952. The number of benzene rings is 3. The SMILES string of the molecule is COc1ccccc1-c1cc(OCc2ccccc2)ccc1/C=C/[N+](=O)[O-]. The van der Waals surface area contributed by atoms with Crippen LogP contribution in [0.5, 0.6) is 11.5 Å². The third-order valence-corrected chi connectivity index (χ3v) is 4.05. The Balaban J connectivity index is 1.97. The summed E-state index contributed by atoms with van der Waals surface area (Å²) in [7, 11) is 1.60. The predicted molar refractivity (Wildman–Crippen MR) is 105 cm³/mol. The summed E-state index contributed by atoms with van der Waals surface area (Å²) in [6.45, 7) is 0.441. The maximum absolute atomic E-state index is 10.7. The van der Waals surface area contributed by atoms with Crippen LogP contribution in [0.4, 0.5) is 0 Å². The summed E-state index contributed by atoms with van der Waals surface area (Å²) in [5.74, 6) is 1.37. The summed E-state index contributed by atoms with van der Waals surface area (Å²) < 4.78 is 11.4. The first-order chi connectivity index (χ1) is 13.2. The van der Waals surface area contributed by atoms with E-state index in [1.807, 2.05) is 72.8 Å². The van der Waals surface area contributed by atoms with Crippen LogP contribution in [0.3, 0.4) is 0 Å². The fraction of sp³-hybridized carbons (Fsp3) is 0.0909. The van der Waals surface area contributed by atoms with E-state index >= 15 is 0 Å². The molecule has 0 N–H and O–H groups in total. The lowest BCUT2D eigenvalue weighted by Gasteiger charge is -2.13. The normalized spacial score (nSPS) is 10.7. The average Bonchev–Trinajstić information content (AvgIpc) is 2.71. The van der Waals surface area contributed by atoms with Gasteiger partial charge in [0.1, 0.15) is 18.1 Å². The molecule has 0 spiro atoms. The smallest absolute Gasteiger partial charge is 0.235 e. The third-order valence-electron chi connectivity index (χ3n) is 4.05. The number of ether oxygens (including phenoxy) is 2. The maximum Gasteiger partial charge on any atom is 0.235 e. The van der Waals surface area contributed by atoms with Crippen molar-refractivity contribution in [1.29, 1.82) is 0 Å². The molecule has 0 aliphatic carbocycles. The summed E-state index contributed by atoms with van der Waals surface area (Å²) in [6, 6.07) is 22.9. The second-order valence-corrected chi connectivity index (χ2v) is 5.82. The fourth-order valence-corrected chi connectivity index (χ4v) is 2.75. The van der Waals surface area contributed by atoms with Crippen LogP contribution >= 0.6 is 0 Å². The Morgan fingerprint density at radius 1 is 0.963 bits per heavy atom. The van der Waals surface area contributed by atoms with E-state index in [1.54, 1.807) is 7.11 Å². The van der Waals surface area contributed by atoms with E-state index in [-0.39, 0.29) is 0 Å². The van der Waals surface area contributed by atoms with Gasteiger partial charge in [0.25, 0.3) is 0 Å². The number of nitrogens with zero attached hydrogens (tertiary/aromatic N) is 1. The zero-order valence-corrected chi connectivity index (χ0v) is 14.9. The van der Waals surface area contributed by atoms with E-state index < -0.39 is 4.92 Å². The highest BCUT2D eigenvalue weighted by Gasteiger charge is 2.11. The lowest BCUT2D eigenvalue weighted by molar-refractivity contribution is -0.400. The molecule has 3 aromatic carbocycles. The van der Waals surface area contributed by atoms with Crippen molar-refractivity contribution in [1.82, 2.24) is 0 Å². The van der Waals surface area contributed by atoms with Crippen LogP contribution in [0.1, 0.15) is 11.1 Å². The van der Waals surface area contributed by atoms with Crippen molar-refractivity contribution in [3.05, 3.63) is 100 Å². The number of para-hydroxylation sites is 1. The van der Waals surface area contributed by atoms with Crippen molar-refractivity contribution in [3.8, 4) is 22.6 Å². The molecule has 0 bridgehead atoms. The van der Waals surface area contributed by atoms with Gasteiger partial charge in [-0.05, 0) is 34.9 Å². The van der Waals surface area contributed by atoms with Gasteiger partial charge in [-0.25, -0.2) is 0 Å². The van der Waals surface area contributed by atoms with Gasteiger partial charge in [-0.2, -0.15) is 0 Å². The van der Waals surface area contributed by atoms with Crippen molar-refractivity contribution >= 4 is 6.08 Å². The molecule has 0 fully saturated rings. The van der Waals surface area contributed by atoms with Gasteiger partial charge >= 0.3 is 0 Å². The molecule has 27 heavy (non-hydrogen) atoms. The van der Waals surface area contributed by atoms with Gasteiger partial charge in [-0.1, -0.05) is 54.6 Å². The first-order valence-corrected chi connectivity index (χ1v) is 8.43. The van der Waals surface area contributed by atoms with Gasteiger partial charge in [0, 0.05) is 11.6 Å². The first-order valence-electron chi connectivity index (χ1n) is 8.43. The molecule has 136 valence electrons. The van der Waals surface area contributed by atoms with Crippen LogP contribution in [0.2, 0.25) is 0 Å². The molecule has 0 heterocycles. The zero-order chi connectivity index (χ0) is 19.1. The topological polar surface area (TPSA) is 61.6 Å². The van der Waals surface area contributed by atoms with Crippen LogP contribution in [-0.2, 0) is 6.61 Å². The lowest BCUT2D eigenvalue weighted by atomic mass is 9.98. The van der Waals surface area contributed by atoms with E-state index in [0.717, 1.165) is 22.9 Å². The van der Waals surface area contributed by atoms with Gasteiger partial charge in [0.05, 0.1) is 12.0 Å². The molecule has 0 saturated heterocycles. The highest BCUT2D eigenvalue weighted by Crippen LogP contribution is 2.35. The van der Waals surface area contributed by atoms with E-state index in [9.17, 15) is 10.1 Å².